The van der Waals surface area contributed by atoms with Gasteiger partial charge >= 0.3 is 6.36 Å². The summed E-state index contributed by atoms with van der Waals surface area (Å²) in [5.41, 5.74) is 5.13. The number of aliphatic hydroxyl groups is 1. The Balaban J connectivity index is 1.96. The summed E-state index contributed by atoms with van der Waals surface area (Å²) in [4.78, 5) is 4.03. The number of nitrogens with two attached hydrogens (primary N) is 1. The van der Waals surface area contributed by atoms with Crippen molar-refractivity contribution in [1.82, 2.24) is 0 Å². The lowest BCUT2D eigenvalue weighted by Gasteiger charge is -2.18. The Kier molecular flexibility index (Phi) is 5.07. The molecule has 1 atom stereocenters. The van der Waals surface area contributed by atoms with Gasteiger partial charge in [-0.3, -0.25) is 4.99 Å². The van der Waals surface area contributed by atoms with E-state index in [0.717, 1.165) is 11.8 Å². The van der Waals surface area contributed by atoms with Crippen molar-refractivity contribution in [2.75, 3.05) is 23.4 Å². The number of guanidine groups is 1. The lowest BCUT2D eigenvalue weighted by Crippen LogP contribution is -2.34. The third-order valence-corrected chi connectivity index (χ3v) is 4.20. The van der Waals surface area contributed by atoms with Gasteiger partial charge in [0, 0.05) is 17.5 Å². The highest BCUT2D eigenvalue weighted by atomic mass is 32.2. The van der Waals surface area contributed by atoms with Crippen LogP contribution in [0.5, 0.6) is 5.75 Å². The molecule has 2 rings (SSSR count). The summed E-state index contributed by atoms with van der Waals surface area (Å²) in [6.07, 6.45) is -4.11. The highest BCUT2D eigenvalue weighted by Gasteiger charge is 2.32. The molecule has 1 unspecified atom stereocenters. The molecule has 1 aliphatic heterocycles. The zero-order valence-corrected chi connectivity index (χ0v) is 12.4. The molecule has 1 aromatic rings. The molecule has 0 bridgehead atoms. The number of alkyl halides is 3. The number of nitrogens with zero attached hydrogens (tertiary/aromatic N) is 1. The normalized spacial score (nSPS) is 22.6. The minimum Gasteiger partial charge on any atom is -0.406 e. The fourth-order valence-corrected chi connectivity index (χ4v) is 3.20. The van der Waals surface area contributed by atoms with Gasteiger partial charge in [0.15, 0.2) is 5.96 Å². The number of nitrogens with one attached hydrogen (secondary N) is 1. The fourth-order valence-electron chi connectivity index (χ4n) is 1.91. The fraction of sp³-hybridized carbons (Fsp3) is 0.462. The van der Waals surface area contributed by atoms with E-state index in [9.17, 15) is 18.3 Å². The predicted octanol–water partition coefficient (Wildman–Crippen LogP) is 2.18. The number of anilines is 1. The molecule has 0 amide bonds. The lowest BCUT2D eigenvalue weighted by molar-refractivity contribution is -0.274. The molecule has 1 fully saturated rings. The Morgan fingerprint density at radius 1 is 1.50 bits per heavy atom. The summed E-state index contributed by atoms with van der Waals surface area (Å²) in [6.45, 7) is 0.150. The van der Waals surface area contributed by atoms with Gasteiger partial charge in [0.05, 0.1) is 12.1 Å². The molecule has 0 saturated carbocycles. The number of benzene rings is 1. The smallest absolute Gasteiger partial charge is 0.406 e. The number of thioether (sulfide) groups is 1. The summed E-state index contributed by atoms with van der Waals surface area (Å²) in [6, 6.07) is 5.28. The van der Waals surface area contributed by atoms with Crippen LogP contribution in [0.15, 0.2) is 29.3 Å². The molecule has 0 aromatic heterocycles. The van der Waals surface area contributed by atoms with Crippen molar-refractivity contribution in [3.63, 3.8) is 0 Å². The van der Waals surface area contributed by atoms with E-state index in [2.05, 4.69) is 15.0 Å². The standard InChI is InChI=1S/C13H16F3N3O2S/c14-13(15,16)21-10-3-1-2-9(6-10)19-11(17)18-7-12(20)4-5-22-8-12/h1-3,6,20H,4-5,7-8H2,(H3,17,18,19). The van der Waals surface area contributed by atoms with E-state index in [-0.39, 0.29) is 18.3 Å². The number of ether oxygens (including phenoxy) is 1. The van der Waals surface area contributed by atoms with Crippen LogP contribution in [0.3, 0.4) is 0 Å². The van der Waals surface area contributed by atoms with Crippen molar-refractivity contribution in [2.24, 2.45) is 10.7 Å². The highest BCUT2D eigenvalue weighted by molar-refractivity contribution is 7.99. The largest absolute Gasteiger partial charge is 0.573 e. The molecule has 122 valence electrons. The number of aliphatic imine (C=N–C) groups is 1. The van der Waals surface area contributed by atoms with Crippen molar-refractivity contribution in [2.45, 2.75) is 18.4 Å². The molecule has 5 nitrogen and oxygen atoms in total. The van der Waals surface area contributed by atoms with Crippen molar-refractivity contribution in [3.05, 3.63) is 24.3 Å². The van der Waals surface area contributed by atoms with Crippen LogP contribution in [-0.2, 0) is 0 Å². The summed E-state index contributed by atoms with van der Waals surface area (Å²) >= 11 is 1.64. The van der Waals surface area contributed by atoms with Crippen molar-refractivity contribution in [1.29, 1.82) is 0 Å². The Labute approximate surface area is 129 Å². The molecule has 4 N–H and O–H groups in total. The molecule has 1 saturated heterocycles. The SMILES string of the molecule is NC(=NCC1(O)CCSC1)Nc1cccc(OC(F)(F)F)c1. The molecule has 0 aliphatic carbocycles. The van der Waals surface area contributed by atoms with E-state index in [1.54, 1.807) is 11.8 Å². The summed E-state index contributed by atoms with van der Waals surface area (Å²) < 4.78 is 40.3. The minimum atomic E-state index is -4.75. The quantitative estimate of drug-likeness (QED) is 0.580. The maximum Gasteiger partial charge on any atom is 0.573 e. The Bertz CT molecular complexity index is 546. The van der Waals surface area contributed by atoms with Gasteiger partial charge < -0.3 is 20.9 Å². The molecule has 1 aliphatic rings. The Hall–Kier alpha value is -1.61. The topological polar surface area (TPSA) is 79.9 Å². The Morgan fingerprint density at radius 3 is 2.91 bits per heavy atom. The van der Waals surface area contributed by atoms with Gasteiger partial charge in [0.2, 0.25) is 0 Å². The monoisotopic (exact) mass is 335 g/mol. The second-order valence-electron chi connectivity index (χ2n) is 4.93. The van der Waals surface area contributed by atoms with Crippen molar-refractivity contribution >= 4 is 23.4 Å². The molecule has 0 spiro atoms. The van der Waals surface area contributed by atoms with E-state index in [1.165, 1.54) is 18.2 Å². The Morgan fingerprint density at radius 2 is 2.27 bits per heavy atom. The maximum atomic E-state index is 12.2. The molecular weight excluding hydrogens is 319 g/mol. The molecule has 1 heterocycles. The first-order valence-electron chi connectivity index (χ1n) is 6.49. The first-order chi connectivity index (χ1) is 10.3. The minimum absolute atomic E-state index is 0.0227. The van der Waals surface area contributed by atoms with E-state index in [1.807, 2.05) is 0 Å². The summed E-state index contributed by atoms with van der Waals surface area (Å²) in [5, 5.41) is 12.8. The van der Waals surface area contributed by atoms with Gasteiger partial charge in [-0.25, -0.2) is 0 Å². The van der Waals surface area contributed by atoms with Gasteiger partial charge in [-0.2, -0.15) is 11.8 Å². The predicted molar refractivity (Wildman–Crippen MR) is 80.1 cm³/mol. The van der Waals surface area contributed by atoms with Crippen LogP contribution >= 0.6 is 11.8 Å². The van der Waals surface area contributed by atoms with Crippen LogP contribution in [0.4, 0.5) is 18.9 Å². The molecule has 22 heavy (non-hydrogen) atoms. The first kappa shape index (κ1) is 16.8. The van der Waals surface area contributed by atoms with Crippen molar-refractivity contribution < 1.29 is 23.0 Å². The lowest BCUT2D eigenvalue weighted by atomic mass is 10.1. The highest BCUT2D eigenvalue weighted by Crippen LogP contribution is 2.28. The van der Waals surface area contributed by atoms with E-state index >= 15 is 0 Å². The van der Waals surface area contributed by atoms with Gasteiger partial charge in [-0.15, -0.1) is 13.2 Å². The number of hydrogen-bond acceptors (Lipinski definition) is 4. The molecule has 9 heteroatoms. The van der Waals surface area contributed by atoms with Crippen LogP contribution in [0.1, 0.15) is 6.42 Å². The van der Waals surface area contributed by atoms with E-state index in [4.69, 9.17) is 5.73 Å². The number of hydrogen-bond donors (Lipinski definition) is 3. The molecule has 0 radical (unpaired) electrons. The number of rotatable bonds is 4. The third-order valence-electron chi connectivity index (χ3n) is 2.97. The zero-order chi connectivity index (χ0) is 16.2. The van der Waals surface area contributed by atoms with Crippen LogP contribution in [0.2, 0.25) is 0 Å². The van der Waals surface area contributed by atoms with Crippen LogP contribution < -0.4 is 15.8 Å². The third kappa shape index (κ3) is 5.30. The van der Waals surface area contributed by atoms with E-state index in [0.29, 0.717) is 17.9 Å². The van der Waals surface area contributed by atoms with Gasteiger partial charge in [-0.1, -0.05) is 6.07 Å². The number of halogens is 3. The van der Waals surface area contributed by atoms with E-state index < -0.39 is 12.0 Å². The first-order valence-corrected chi connectivity index (χ1v) is 7.64. The second-order valence-corrected chi connectivity index (χ2v) is 6.03. The van der Waals surface area contributed by atoms with Crippen LogP contribution in [0, 0.1) is 0 Å². The summed E-state index contributed by atoms with van der Waals surface area (Å²) in [5.74, 6) is 1.14. The summed E-state index contributed by atoms with van der Waals surface area (Å²) in [7, 11) is 0. The average Bonchev–Trinajstić information content (AvgIpc) is 2.82. The van der Waals surface area contributed by atoms with Crippen LogP contribution in [0.25, 0.3) is 0 Å². The second kappa shape index (κ2) is 6.66. The van der Waals surface area contributed by atoms with Crippen molar-refractivity contribution in [3.8, 4) is 5.75 Å². The van der Waals surface area contributed by atoms with Gasteiger partial charge in [-0.05, 0) is 24.3 Å². The van der Waals surface area contributed by atoms with Gasteiger partial charge in [0.25, 0.3) is 0 Å². The molecular formula is C13H16F3N3O2S. The zero-order valence-electron chi connectivity index (χ0n) is 11.6. The van der Waals surface area contributed by atoms with Gasteiger partial charge in [0.1, 0.15) is 5.75 Å². The van der Waals surface area contributed by atoms with Crippen LogP contribution in [-0.4, -0.2) is 41.1 Å². The molecule has 1 aromatic carbocycles. The average molecular weight is 335 g/mol. The maximum absolute atomic E-state index is 12.2.